The first kappa shape index (κ1) is 18.1. The molecular weight excluding hydrogens is 398 g/mol. The minimum atomic E-state index is -5.26. The number of carbonyl (C=O) groups is 1. The van der Waals surface area contributed by atoms with E-state index < -0.39 is 31.2 Å². The van der Waals surface area contributed by atoms with Crippen LogP contribution < -0.4 is 0 Å². The second-order valence-corrected chi connectivity index (χ2v) is 7.67. The average Bonchev–Trinajstić information content (AvgIpc) is 2.22. The highest BCUT2D eigenvalue weighted by molar-refractivity contribution is 6.67. The van der Waals surface area contributed by atoms with Gasteiger partial charge in [0.15, 0.2) is 4.33 Å². The predicted molar refractivity (Wildman–Crippen MR) is 68.5 cm³/mol. The summed E-state index contributed by atoms with van der Waals surface area (Å²) in [7, 11) is 0. The topological polar surface area (TPSA) is 26.3 Å². The van der Waals surface area contributed by atoms with Crippen LogP contribution in [0.15, 0.2) is 0 Å². The van der Waals surface area contributed by atoms with E-state index in [9.17, 15) is 18.0 Å². The Morgan fingerprint density at radius 2 is 1.63 bits per heavy atom. The van der Waals surface area contributed by atoms with Crippen molar-refractivity contribution >= 4 is 75.6 Å². The van der Waals surface area contributed by atoms with Crippen molar-refractivity contribution in [2.24, 2.45) is 0 Å². The van der Waals surface area contributed by atoms with Crippen molar-refractivity contribution in [3.05, 3.63) is 0 Å². The first-order chi connectivity index (χ1) is 8.26. The molecule has 19 heavy (non-hydrogen) atoms. The lowest BCUT2D eigenvalue weighted by atomic mass is 9.94. The van der Waals surface area contributed by atoms with Crippen LogP contribution in [0.1, 0.15) is 12.8 Å². The summed E-state index contributed by atoms with van der Waals surface area (Å²) in [6, 6.07) is 0. The molecule has 1 fully saturated rings. The Balaban J connectivity index is 3.08. The zero-order chi connectivity index (χ0) is 15.3. The molecule has 0 bridgehead atoms. The molecule has 1 aliphatic rings. The van der Waals surface area contributed by atoms with Gasteiger partial charge in [0.1, 0.15) is 0 Å². The third kappa shape index (κ3) is 3.11. The third-order valence-corrected chi connectivity index (χ3v) is 6.69. The van der Waals surface area contributed by atoms with E-state index in [4.69, 9.17) is 69.6 Å². The van der Waals surface area contributed by atoms with Crippen LogP contribution in [0.4, 0.5) is 13.2 Å². The maximum absolute atomic E-state index is 12.2. The van der Waals surface area contributed by atoms with Crippen molar-refractivity contribution in [3.8, 4) is 0 Å². The first-order valence-corrected chi connectivity index (χ1v) is 6.97. The lowest BCUT2D eigenvalue weighted by Crippen LogP contribution is -2.62. The number of ether oxygens (including phenoxy) is 1. The van der Waals surface area contributed by atoms with E-state index in [0.717, 1.165) is 0 Å². The molecule has 0 aromatic heterocycles. The average molecular weight is 403 g/mol. The van der Waals surface area contributed by atoms with Crippen LogP contribution in [-0.2, 0) is 9.53 Å². The van der Waals surface area contributed by atoms with Crippen LogP contribution in [0.2, 0.25) is 0 Å². The van der Waals surface area contributed by atoms with E-state index in [1.165, 1.54) is 0 Å². The molecule has 0 aromatic rings. The van der Waals surface area contributed by atoms with Gasteiger partial charge in [0.25, 0.3) is 0 Å². The largest absolute Gasteiger partial charge is 0.490 e. The van der Waals surface area contributed by atoms with E-state index in [1.54, 1.807) is 0 Å². The Kier molecular flexibility index (Phi) is 5.06. The molecule has 0 saturated heterocycles. The zero-order valence-electron chi connectivity index (χ0n) is 8.71. The van der Waals surface area contributed by atoms with Gasteiger partial charge in [0.2, 0.25) is 9.39 Å². The van der Waals surface area contributed by atoms with Crippen molar-refractivity contribution in [2.45, 2.75) is 38.1 Å². The maximum Gasteiger partial charge on any atom is 0.490 e. The molecule has 0 heterocycles. The summed E-state index contributed by atoms with van der Waals surface area (Å²) in [6.07, 6.45) is -5.66. The second-order valence-electron chi connectivity index (χ2n) is 3.82. The van der Waals surface area contributed by atoms with Crippen LogP contribution in [0.25, 0.3) is 0 Å². The van der Waals surface area contributed by atoms with Gasteiger partial charge < -0.3 is 4.74 Å². The lowest BCUT2D eigenvalue weighted by molar-refractivity contribution is -0.209. The van der Waals surface area contributed by atoms with Gasteiger partial charge in [-0.1, -0.05) is 58.0 Å². The van der Waals surface area contributed by atoms with Gasteiger partial charge in [0.05, 0.1) is 5.38 Å². The van der Waals surface area contributed by atoms with Crippen molar-refractivity contribution in [3.63, 3.8) is 0 Å². The number of hydrogen-bond donors (Lipinski definition) is 0. The smallest absolute Gasteiger partial charge is 0.433 e. The highest BCUT2D eigenvalue weighted by atomic mass is 35.5. The fourth-order valence-corrected chi connectivity index (χ4v) is 3.28. The summed E-state index contributed by atoms with van der Waals surface area (Å²) in [5, 5.41) is -3.43. The van der Waals surface area contributed by atoms with Crippen LogP contribution in [0.3, 0.4) is 0 Å². The summed E-state index contributed by atoms with van der Waals surface area (Å²) >= 11 is 34.8. The first-order valence-electron chi connectivity index (χ1n) is 4.64. The molecule has 0 spiro atoms. The molecule has 0 radical (unpaired) electrons. The SMILES string of the molecule is O=C(OC1(Cl)CCC(Cl)C(Cl)(Cl)C1(Cl)Cl)C(F)(F)F. The van der Waals surface area contributed by atoms with Crippen LogP contribution in [0.5, 0.6) is 0 Å². The molecule has 2 atom stereocenters. The fraction of sp³-hybridized carbons (Fsp3) is 0.875. The van der Waals surface area contributed by atoms with E-state index >= 15 is 0 Å². The third-order valence-electron chi connectivity index (χ3n) is 2.49. The van der Waals surface area contributed by atoms with Gasteiger partial charge in [0, 0.05) is 6.42 Å². The van der Waals surface area contributed by atoms with Crippen LogP contribution >= 0.6 is 69.6 Å². The number of carbonyl (C=O) groups excluding carboxylic acids is 1. The molecule has 0 amide bonds. The molecule has 0 aromatic carbocycles. The molecule has 0 aliphatic heterocycles. The quantitative estimate of drug-likeness (QED) is 0.466. The molecule has 1 aliphatic carbocycles. The number of esters is 1. The molecule has 1 saturated carbocycles. The maximum atomic E-state index is 12.2. The van der Waals surface area contributed by atoms with E-state index in [1.807, 2.05) is 0 Å². The van der Waals surface area contributed by atoms with Crippen molar-refractivity contribution in [2.75, 3.05) is 0 Å². The Morgan fingerprint density at radius 1 is 1.16 bits per heavy atom. The van der Waals surface area contributed by atoms with Crippen molar-refractivity contribution in [1.29, 1.82) is 0 Å². The Labute approximate surface area is 136 Å². The molecule has 112 valence electrons. The predicted octanol–water partition coefficient (Wildman–Crippen LogP) is 4.78. The number of rotatable bonds is 1. The van der Waals surface area contributed by atoms with Gasteiger partial charge in [-0.05, 0) is 6.42 Å². The molecule has 0 N–H and O–H groups in total. The monoisotopic (exact) mass is 400 g/mol. The van der Waals surface area contributed by atoms with Crippen molar-refractivity contribution < 1.29 is 22.7 Å². The van der Waals surface area contributed by atoms with E-state index in [0.29, 0.717) is 0 Å². The number of hydrogen-bond acceptors (Lipinski definition) is 2. The van der Waals surface area contributed by atoms with Gasteiger partial charge >= 0.3 is 12.1 Å². The van der Waals surface area contributed by atoms with Crippen LogP contribution in [-0.4, -0.2) is 31.2 Å². The highest BCUT2D eigenvalue weighted by Gasteiger charge is 2.69. The fourth-order valence-electron chi connectivity index (χ4n) is 1.42. The Bertz CT molecular complexity index is 385. The molecule has 2 nitrogen and oxygen atoms in total. The van der Waals surface area contributed by atoms with Crippen molar-refractivity contribution in [1.82, 2.24) is 0 Å². The Hall–Kier alpha value is 1.000. The second kappa shape index (κ2) is 5.33. The lowest BCUT2D eigenvalue weighted by Gasteiger charge is -2.49. The van der Waals surface area contributed by atoms with Gasteiger partial charge in [-0.25, -0.2) is 4.79 Å². The normalized spacial score (nSPS) is 33.8. The Morgan fingerprint density at radius 3 is 2.05 bits per heavy atom. The molecule has 2 unspecified atom stereocenters. The standard InChI is InChI=1S/C8H5Cl6F3O2/c9-3-1-2-5(10,8(13,14)6(3,11)12)19-4(18)7(15,16)17/h3H,1-2H2. The summed E-state index contributed by atoms with van der Waals surface area (Å²) in [5.74, 6) is -2.55. The number of alkyl halides is 9. The number of halogens is 9. The van der Waals surface area contributed by atoms with Gasteiger partial charge in [-0.15, -0.1) is 11.6 Å². The van der Waals surface area contributed by atoms with E-state index in [-0.39, 0.29) is 12.8 Å². The molecular formula is C8H5Cl6F3O2. The highest BCUT2D eigenvalue weighted by Crippen LogP contribution is 2.61. The summed E-state index contributed by atoms with van der Waals surface area (Å²) in [5.41, 5.74) is 0. The molecule has 11 heteroatoms. The van der Waals surface area contributed by atoms with Gasteiger partial charge in [-0.2, -0.15) is 13.2 Å². The van der Waals surface area contributed by atoms with E-state index in [2.05, 4.69) is 4.74 Å². The minimum Gasteiger partial charge on any atom is -0.433 e. The van der Waals surface area contributed by atoms with Gasteiger partial charge in [-0.3, -0.25) is 0 Å². The summed E-state index contributed by atoms with van der Waals surface area (Å²) < 4.78 is 36.2. The molecule has 1 rings (SSSR count). The minimum absolute atomic E-state index is 0.0512. The zero-order valence-corrected chi connectivity index (χ0v) is 13.2. The summed E-state index contributed by atoms with van der Waals surface area (Å²) in [6.45, 7) is 0. The summed E-state index contributed by atoms with van der Waals surface area (Å²) in [4.78, 5) is 10.9. The van der Waals surface area contributed by atoms with Crippen LogP contribution in [0, 0.1) is 0 Å².